The molecule has 0 saturated carbocycles. The molecule has 2 aliphatic rings. The molecule has 5 nitrogen and oxygen atoms in total. The summed E-state index contributed by atoms with van der Waals surface area (Å²) < 4.78 is 13.4. The van der Waals surface area contributed by atoms with Gasteiger partial charge in [0.05, 0.1) is 29.5 Å². The molecule has 2 N–H and O–H groups in total. The molecule has 0 amide bonds. The van der Waals surface area contributed by atoms with Crippen molar-refractivity contribution in [3.05, 3.63) is 58.6 Å². The molecular formula is C20H18FN5. The molecule has 1 aliphatic heterocycles. The van der Waals surface area contributed by atoms with Crippen LogP contribution in [0.5, 0.6) is 0 Å². The molecule has 1 aliphatic carbocycles. The predicted octanol–water partition coefficient (Wildman–Crippen LogP) is 2.57. The summed E-state index contributed by atoms with van der Waals surface area (Å²) in [6, 6.07) is 12.2. The number of likely N-dealkylation sites (N-methyl/N-ethyl adjacent to an activating group) is 1. The molecule has 2 atom stereocenters. The molecule has 130 valence electrons. The predicted molar refractivity (Wildman–Crippen MR) is 93.3 cm³/mol. The van der Waals surface area contributed by atoms with Crippen LogP contribution < -0.4 is 5.73 Å². The van der Waals surface area contributed by atoms with Gasteiger partial charge in [-0.05, 0) is 29.8 Å². The average Bonchev–Trinajstić information content (AvgIpc) is 2.68. The Bertz CT molecular complexity index is 893. The van der Waals surface area contributed by atoms with E-state index in [-0.39, 0.29) is 23.0 Å². The zero-order valence-electron chi connectivity index (χ0n) is 14.4. The van der Waals surface area contributed by atoms with Crippen molar-refractivity contribution in [3.63, 3.8) is 0 Å². The maximum absolute atomic E-state index is 13.4. The molecule has 3 rings (SSSR count). The highest BCUT2D eigenvalue weighted by Gasteiger charge is 2.52. The lowest BCUT2D eigenvalue weighted by Crippen LogP contribution is -2.47. The van der Waals surface area contributed by atoms with Crippen molar-refractivity contribution in [1.82, 2.24) is 4.90 Å². The Morgan fingerprint density at radius 3 is 2.42 bits per heavy atom. The fraction of sp³-hybridized carbons (Fsp3) is 0.350. The number of rotatable bonds is 2. The first-order valence-electron chi connectivity index (χ1n) is 8.43. The summed E-state index contributed by atoms with van der Waals surface area (Å²) >= 11 is 0. The normalized spacial score (nSPS) is 24.7. The quantitative estimate of drug-likeness (QED) is 0.829. The number of allylic oxidation sites excluding steroid dienone is 2. The minimum atomic E-state index is -1.62. The van der Waals surface area contributed by atoms with E-state index in [1.807, 2.05) is 13.0 Å². The van der Waals surface area contributed by atoms with E-state index in [4.69, 9.17) is 5.73 Å². The Hall–Kier alpha value is -3.14. The number of halogens is 1. The second-order valence-corrected chi connectivity index (χ2v) is 6.56. The second-order valence-electron chi connectivity index (χ2n) is 6.56. The van der Waals surface area contributed by atoms with Crippen LogP contribution in [0.25, 0.3) is 0 Å². The number of hydrogen-bond donors (Lipinski definition) is 1. The van der Waals surface area contributed by atoms with Crippen molar-refractivity contribution in [1.29, 1.82) is 15.8 Å². The van der Waals surface area contributed by atoms with Crippen LogP contribution in [0, 0.1) is 51.1 Å². The lowest BCUT2D eigenvalue weighted by molar-refractivity contribution is 0.234. The monoisotopic (exact) mass is 347 g/mol. The first kappa shape index (κ1) is 17.7. The van der Waals surface area contributed by atoms with E-state index in [0.717, 1.165) is 12.1 Å². The van der Waals surface area contributed by atoms with Crippen molar-refractivity contribution in [2.24, 2.45) is 17.1 Å². The highest BCUT2D eigenvalue weighted by atomic mass is 19.1. The van der Waals surface area contributed by atoms with Crippen LogP contribution >= 0.6 is 0 Å². The Morgan fingerprint density at radius 2 is 1.88 bits per heavy atom. The number of fused-ring (bicyclic) bond motifs is 1. The van der Waals surface area contributed by atoms with E-state index < -0.39 is 11.3 Å². The van der Waals surface area contributed by atoms with E-state index in [9.17, 15) is 20.2 Å². The van der Waals surface area contributed by atoms with Gasteiger partial charge in [0.1, 0.15) is 5.82 Å². The van der Waals surface area contributed by atoms with Gasteiger partial charge in [-0.25, -0.2) is 4.39 Å². The summed E-state index contributed by atoms with van der Waals surface area (Å²) in [4.78, 5) is 2.18. The van der Waals surface area contributed by atoms with E-state index in [1.165, 1.54) is 12.1 Å². The van der Waals surface area contributed by atoms with Gasteiger partial charge in [-0.1, -0.05) is 25.1 Å². The highest BCUT2D eigenvalue weighted by molar-refractivity contribution is 5.58. The lowest BCUT2D eigenvalue weighted by atomic mass is 9.60. The van der Waals surface area contributed by atoms with Gasteiger partial charge >= 0.3 is 0 Å². The largest absolute Gasteiger partial charge is 0.399 e. The van der Waals surface area contributed by atoms with Crippen molar-refractivity contribution >= 4 is 0 Å². The zero-order valence-corrected chi connectivity index (χ0v) is 14.4. The Kier molecular flexibility index (Phi) is 4.51. The van der Waals surface area contributed by atoms with Crippen molar-refractivity contribution < 1.29 is 4.39 Å². The number of nitriles is 3. The molecule has 0 radical (unpaired) electrons. The van der Waals surface area contributed by atoms with Gasteiger partial charge in [-0.3, -0.25) is 4.90 Å². The minimum Gasteiger partial charge on any atom is -0.399 e. The van der Waals surface area contributed by atoms with Crippen LogP contribution in [0.2, 0.25) is 0 Å². The van der Waals surface area contributed by atoms with Crippen molar-refractivity contribution in [3.8, 4) is 18.2 Å². The van der Waals surface area contributed by atoms with E-state index in [1.54, 1.807) is 12.1 Å². The molecule has 0 aromatic heterocycles. The second kappa shape index (κ2) is 6.64. The Balaban J connectivity index is 2.28. The van der Waals surface area contributed by atoms with Crippen LogP contribution in [-0.2, 0) is 0 Å². The molecule has 0 bridgehead atoms. The fourth-order valence-electron chi connectivity index (χ4n) is 4.00. The third kappa shape index (κ3) is 2.46. The summed E-state index contributed by atoms with van der Waals surface area (Å²) in [5.41, 5.74) is 6.21. The van der Waals surface area contributed by atoms with Gasteiger partial charge in [-0.2, -0.15) is 15.8 Å². The van der Waals surface area contributed by atoms with Crippen LogP contribution in [0.15, 0.2) is 47.2 Å². The summed E-state index contributed by atoms with van der Waals surface area (Å²) in [5.74, 6) is -1.01. The first-order valence-corrected chi connectivity index (χ1v) is 8.43. The minimum absolute atomic E-state index is 0.00762. The summed E-state index contributed by atoms with van der Waals surface area (Å²) in [5, 5.41) is 29.3. The number of nitrogens with two attached hydrogens (primary N) is 1. The number of benzene rings is 1. The molecule has 26 heavy (non-hydrogen) atoms. The summed E-state index contributed by atoms with van der Waals surface area (Å²) in [7, 11) is 0. The molecule has 1 aromatic rings. The lowest BCUT2D eigenvalue weighted by Gasteiger charge is -2.44. The fourth-order valence-corrected chi connectivity index (χ4v) is 4.00. The number of hydrogen-bond acceptors (Lipinski definition) is 5. The van der Waals surface area contributed by atoms with Gasteiger partial charge in [0, 0.05) is 24.9 Å². The van der Waals surface area contributed by atoms with Gasteiger partial charge in [-0.15, -0.1) is 0 Å². The van der Waals surface area contributed by atoms with Crippen LogP contribution in [0.3, 0.4) is 0 Å². The van der Waals surface area contributed by atoms with E-state index in [0.29, 0.717) is 18.7 Å². The molecule has 1 heterocycles. The van der Waals surface area contributed by atoms with Gasteiger partial charge in [0.25, 0.3) is 0 Å². The first-order chi connectivity index (χ1) is 12.5. The SMILES string of the molecule is CCN1CC=C2[C@H](C1)[C@H](c1ccc(F)cc1)C(C#N)=C(N)C2(C#N)C#N. The van der Waals surface area contributed by atoms with Crippen LogP contribution in [0.4, 0.5) is 4.39 Å². The maximum atomic E-state index is 13.4. The molecule has 0 spiro atoms. The van der Waals surface area contributed by atoms with E-state index >= 15 is 0 Å². The number of nitrogens with zero attached hydrogens (tertiary/aromatic N) is 4. The van der Waals surface area contributed by atoms with Gasteiger partial charge in [0.2, 0.25) is 5.41 Å². The standard InChI is InChI=1S/C20H18FN5/c1-2-26-8-7-17-16(10-26)18(13-3-5-14(21)6-4-13)15(9-22)19(25)20(17,11-23)12-24/h3-7,16,18H,2,8,10,25H2,1H3/t16-,18+/m0/s1. The average molecular weight is 347 g/mol. The molecule has 1 aromatic carbocycles. The smallest absolute Gasteiger partial charge is 0.204 e. The highest BCUT2D eigenvalue weighted by Crippen LogP contribution is 2.52. The summed E-state index contributed by atoms with van der Waals surface area (Å²) in [6.45, 7) is 4.07. The molecule has 0 saturated heterocycles. The topological polar surface area (TPSA) is 101 Å². The van der Waals surface area contributed by atoms with Crippen molar-refractivity contribution in [2.75, 3.05) is 19.6 Å². The Labute approximate surface area is 152 Å². The molecular weight excluding hydrogens is 329 g/mol. The van der Waals surface area contributed by atoms with Gasteiger partial charge < -0.3 is 5.73 Å². The zero-order chi connectivity index (χ0) is 18.9. The maximum Gasteiger partial charge on any atom is 0.204 e. The van der Waals surface area contributed by atoms with E-state index in [2.05, 4.69) is 23.1 Å². The molecule has 6 heteroatoms. The molecule has 0 fully saturated rings. The van der Waals surface area contributed by atoms with Crippen LogP contribution in [0.1, 0.15) is 18.4 Å². The Morgan fingerprint density at radius 1 is 1.23 bits per heavy atom. The third-order valence-corrected chi connectivity index (χ3v) is 5.40. The summed E-state index contributed by atoms with van der Waals surface area (Å²) in [6.07, 6.45) is 1.89. The van der Waals surface area contributed by atoms with Gasteiger partial charge in [0.15, 0.2) is 0 Å². The molecule has 0 unspecified atom stereocenters. The van der Waals surface area contributed by atoms with Crippen molar-refractivity contribution in [2.45, 2.75) is 12.8 Å². The third-order valence-electron chi connectivity index (χ3n) is 5.40. The van der Waals surface area contributed by atoms with Crippen LogP contribution in [-0.4, -0.2) is 24.5 Å².